The average Bonchev–Trinajstić information content (AvgIpc) is 2.76. The number of nitrogens with one attached hydrogen (secondary N) is 1. The summed E-state index contributed by atoms with van der Waals surface area (Å²) in [5, 5.41) is 8.02. The highest BCUT2D eigenvalue weighted by atomic mass is 19.1. The standard InChI is InChI=1S/C13H15FN2O/c1-8-4-9-6-15-16-13(9)5-11(8)10-2-3-17-7-12(10)14/h4-6,10,12H,2-3,7H2,1H3,(H,15,16). The number of hydrogen-bond acceptors (Lipinski definition) is 2. The molecule has 2 atom stereocenters. The molecule has 3 nitrogen and oxygen atoms in total. The van der Waals surface area contributed by atoms with Gasteiger partial charge in [-0.3, -0.25) is 5.10 Å². The predicted octanol–water partition coefficient (Wildman–Crippen LogP) is 2.71. The molecule has 0 radical (unpaired) electrons. The molecule has 0 bridgehead atoms. The van der Waals surface area contributed by atoms with Gasteiger partial charge in [0.05, 0.1) is 18.3 Å². The molecule has 0 saturated carbocycles. The lowest BCUT2D eigenvalue weighted by molar-refractivity contribution is 0.0217. The van der Waals surface area contributed by atoms with Gasteiger partial charge < -0.3 is 4.74 Å². The Kier molecular flexibility index (Phi) is 2.59. The molecule has 17 heavy (non-hydrogen) atoms. The molecule has 1 aliphatic heterocycles. The maximum Gasteiger partial charge on any atom is 0.130 e. The molecule has 1 fully saturated rings. The molecule has 3 rings (SSSR count). The van der Waals surface area contributed by atoms with Crippen molar-refractivity contribution in [3.8, 4) is 0 Å². The molecule has 1 aromatic carbocycles. The Hall–Kier alpha value is -1.42. The van der Waals surface area contributed by atoms with Crippen LogP contribution in [0.3, 0.4) is 0 Å². The van der Waals surface area contributed by atoms with E-state index in [9.17, 15) is 4.39 Å². The van der Waals surface area contributed by atoms with Crippen LogP contribution in [-0.2, 0) is 4.74 Å². The first-order valence-electron chi connectivity index (χ1n) is 5.91. The van der Waals surface area contributed by atoms with Gasteiger partial charge >= 0.3 is 0 Å². The maximum absolute atomic E-state index is 13.9. The maximum atomic E-state index is 13.9. The van der Waals surface area contributed by atoms with Crippen molar-refractivity contribution < 1.29 is 9.13 Å². The third-order valence-corrected chi connectivity index (χ3v) is 3.51. The van der Waals surface area contributed by atoms with Gasteiger partial charge in [0, 0.05) is 17.9 Å². The molecule has 1 N–H and O–H groups in total. The van der Waals surface area contributed by atoms with Crippen LogP contribution in [0.15, 0.2) is 18.3 Å². The second kappa shape index (κ2) is 4.11. The minimum atomic E-state index is -0.900. The molecule has 1 saturated heterocycles. The lowest BCUT2D eigenvalue weighted by Crippen LogP contribution is -2.27. The molecule has 90 valence electrons. The number of hydrogen-bond donors (Lipinski definition) is 1. The highest BCUT2D eigenvalue weighted by Crippen LogP contribution is 2.33. The van der Waals surface area contributed by atoms with E-state index >= 15 is 0 Å². The number of ether oxygens (including phenoxy) is 1. The number of benzene rings is 1. The van der Waals surface area contributed by atoms with Crippen molar-refractivity contribution in [3.63, 3.8) is 0 Å². The Labute approximate surface area is 99.0 Å². The van der Waals surface area contributed by atoms with Crippen LogP contribution in [0, 0.1) is 6.92 Å². The zero-order valence-corrected chi connectivity index (χ0v) is 9.74. The number of halogens is 1. The van der Waals surface area contributed by atoms with Crippen LogP contribution in [0.1, 0.15) is 23.5 Å². The molecule has 4 heteroatoms. The van der Waals surface area contributed by atoms with Crippen LogP contribution in [0.5, 0.6) is 0 Å². The van der Waals surface area contributed by atoms with Crippen molar-refractivity contribution in [2.24, 2.45) is 0 Å². The van der Waals surface area contributed by atoms with Crippen molar-refractivity contribution >= 4 is 10.9 Å². The summed E-state index contributed by atoms with van der Waals surface area (Å²) < 4.78 is 19.0. The smallest absolute Gasteiger partial charge is 0.130 e. The van der Waals surface area contributed by atoms with Crippen LogP contribution in [0.2, 0.25) is 0 Å². The Morgan fingerprint density at radius 3 is 3.18 bits per heavy atom. The topological polar surface area (TPSA) is 37.9 Å². The number of rotatable bonds is 1. The van der Waals surface area contributed by atoms with E-state index in [1.807, 2.05) is 13.0 Å². The van der Waals surface area contributed by atoms with Crippen LogP contribution in [0.25, 0.3) is 10.9 Å². The van der Waals surface area contributed by atoms with E-state index in [1.165, 1.54) is 0 Å². The number of aromatic amines is 1. The lowest BCUT2D eigenvalue weighted by atomic mass is 9.87. The minimum absolute atomic E-state index is 0.0450. The van der Waals surface area contributed by atoms with Crippen molar-refractivity contribution in [1.29, 1.82) is 0 Å². The SMILES string of the molecule is Cc1cc2cn[nH]c2cc1C1CCOCC1F. The van der Waals surface area contributed by atoms with Gasteiger partial charge in [-0.15, -0.1) is 0 Å². The molecule has 2 heterocycles. The minimum Gasteiger partial charge on any atom is -0.378 e. The molecule has 2 unspecified atom stereocenters. The lowest BCUT2D eigenvalue weighted by Gasteiger charge is -2.27. The van der Waals surface area contributed by atoms with Gasteiger partial charge in [0.15, 0.2) is 0 Å². The Balaban J connectivity index is 2.05. The number of nitrogens with zero attached hydrogens (tertiary/aromatic N) is 1. The Morgan fingerprint density at radius 1 is 1.47 bits per heavy atom. The van der Waals surface area contributed by atoms with E-state index in [0.717, 1.165) is 28.5 Å². The number of fused-ring (bicyclic) bond motifs is 1. The molecule has 0 amide bonds. The fraction of sp³-hybridized carbons (Fsp3) is 0.462. The van der Waals surface area contributed by atoms with Gasteiger partial charge in [-0.2, -0.15) is 5.10 Å². The van der Waals surface area contributed by atoms with E-state index in [2.05, 4.69) is 16.3 Å². The Morgan fingerprint density at radius 2 is 2.35 bits per heavy atom. The Bertz CT molecular complexity index is 537. The quantitative estimate of drug-likeness (QED) is 0.823. The van der Waals surface area contributed by atoms with Crippen molar-refractivity contribution in [1.82, 2.24) is 10.2 Å². The highest BCUT2D eigenvalue weighted by molar-refractivity contribution is 5.79. The largest absolute Gasteiger partial charge is 0.378 e. The molecular formula is C13H15FN2O. The van der Waals surface area contributed by atoms with Gasteiger partial charge in [0.2, 0.25) is 0 Å². The van der Waals surface area contributed by atoms with Crippen molar-refractivity contribution in [3.05, 3.63) is 29.5 Å². The summed E-state index contributed by atoms with van der Waals surface area (Å²) in [7, 11) is 0. The van der Waals surface area contributed by atoms with E-state index in [4.69, 9.17) is 4.74 Å². The average molecular weight is 234 g/mol. The van der Waals surface area contributed by atoms with Crippen LogP contribution < -0.4 is 0 Å². The van der Waals surface area contributed by atoms with Crippen molar-refractivity contribution in [2.45, 2.75) is 25.4 Å². The first kappa shape index (κ1) is 10.7. The number of alkyl halides is 1. The second-order valence-electron chi connectivity index (χ2n) is 4.65. The fourth-order valence-corrected chi connectivity index (χ4v) is 2.58. The van der Waals surface area contributed by atoms with Crippen LogP contribution >= 0.6 is 0 Å². The van der Waals surface area contributed by atoms with Crippen LogP contribution in [-0.4, -0.2) is 29.6 Å². The van der Waals surface area contributed by atoms with Crippen molar-refractivity contribution in [2.75, 3.05) is 13.2 Å². The molecule has 1 aromatic heterocycles. The van der Waals surface area contributed by atoms with Gasteiger partial charge in [0.1, 0.15) is 6.17 Å². The number of aryl methyl sites for hydroxylation is 1. The summed E-state index contributed by atoms with van der Waals surface area (Å²) in [5.74, 6) is -0.0450. The fourth-order valence-electron chi connectivity index (χ4n) is 2.58. The van der Waals surface area contributed by atoms with Gasteiger partial charge in [-0.05, 0) is 36.6 Å². The summed E-state index contributed by atoms with van der Waals surface area (Å²) in [6.07, 6.45) is 1.65. The van der Waals surface area contributed by atoms with E-state index < -0.39 is 6.17 Å². The summed E-state index contributed by atoms with van der Waals surface area (Å²) in [5.41, 5.74) is 3.19. The third-order valence-electron chi connectivity index (χ3n) is 3.51. The number of aromatic nitrogens is 2. The zero-order valence-electron chi connectivity index (χ0n) is 9.74. The summed E-state index contributed by atoms with van der Waals surface area (Å²) in [6.45, 7) is 2.89. The zero-order chi connectivity index (χ0) is 11.8. The van der Waals surface area contributed by atoms with Crippen LogP contribution in [0.4, 0.5) is 4.39 Å². The second-order valence-corrected chi connectivity index (χ2v) is 4.65. The van der Waals surface area contributed by atoms with E-state index in [1.54, 1.807) is 6.20 Å². The van der Waals surface area contributed by atoms with Gasteiger partial charge in [-0.1, -0.05) is 0 Å². The van der Waals surface area contributed by atoms with Gasteiger partial charge in [0.25, 0.3) is 0 Å². The number of H-pyrrole nitrogens is 1. The molecule has 1 aliphatic rings. The monoisotopic (exact) mass is 234 g/mol. The summed E-state index contributed by atoms with van der Waals surface area (Å²) in [6, 6.07) is 4.09. The van der Waals surface area contributed by atoms with Gasteiger partial charge in [-0.25, -0.2) is 4.39 Å². The molecule has 0 aliphatic carbocycles. The molecular weight excluding hydrogens is 219 g/mol. The third kappa shape index (κ3) is 1.82. The highest BCUT2D eigenvalue weighted by Gasteiger charge is 2.28. The first-order chi connectivity index (χ1) is 8.25. The molecule has 2 aromatic rings. The summed E-state index contributed by atoms with van der Waals surface area (Å²) in [4.78, 5) is 0. The predicted molar refractivity (Wildman–Crippen MR) is 63.9 cm³/mol. The van der Waals surface area contributed by atoms with E-state index in [-0.39, 0.29) is 12.5 Å². The van der Waals surface area contributed by atoms with E-state index in [0.29, 0.717) is 6.61 Å². The first-order valence-corrected chi connectivity index (χ1v) is 5.91. The molecule has 0 spiro atoms. The summed E-state index contributed by atoms with van der Waals surface area (Å²) >= 11 is 0. The normalized spacial score (nSPS) is 25.3.